The van der Waals surface area contributed by atoms with E-state index in [0.29, 0.717) is 0 Å². The molecule has 26 heavy (non-hydrogen) atoms. The van der Waals surface area contributed by atoms with Crippen LogP contribution in [0.15, 0.2) is 30.5 Å². The predicted octanol–water partition coefficient (Wildman–Crippen LogP) is 6.03. The Morgan fingerprint density at radius 2 is 1.62 bits per heavy atom. The van der Waals surface area contributed by atoms with Gasteiger partial charge in [-0.1, -0.05) is 47.6 Å². The van der Waals surface area contributed by atoms with Gasteiger partial charge in [0.05, 0.1) is 0 Å². The molecule has 1 heterocycles. The van der Waals surface area contributed by atoms with Crippen LogP contribution in [0.25, 0.3) is 11.3 Å². The molecule has 0 unspecified atom stereocenters. The zero-order valence-electron chi connectivity index (χ0n) is 19.8. The average Bonchev–Trinajstić information content (AvgIpc) is 2.59. The van der Waals surface area contributed by atoms with Crippen molar-refractivity contribution < 1.29 is 7.31 Å². The second kappa shape index (κ2) is 6.51. The molecule has 0 bridgehead atoms. The summed E-state index contributed by atoms with van der Waals surface area (Å²) in [5, 5.41) is 0. The first kappa shape index (κ1) is 16.5. The van der Waals surface area contributed by atoms with E-state index in [4.69, 9.17) is 2.74 Å². The Bertz CT molecular complexity index is 907. The number of aryl methyl sites for hydroxylation is 2. The van der Waals surface area contributed by atoms with E-state index in [1.54, 1.807) is 0 Å². The lowest BCUT2D eigenvalue weighted by molar-refractivity contribution is -0.660. The number of hydrogen-bond acceptors (Lipinski definition) is 0. The number of benzene rings is 1. The standard InChI is InChI=1S/C25H36N/c1-17(2)13-19-9-10-23(26(8)16-19)20-15-22-21(14-18(20)3)24(4,5)11-12-25(22,6)7/h9-10,14-17H,11-13H2,1-8H3/q+1/i13D2. The molecule has 2 aromatic rings. The van der Waals surface area contributed by atoms with Gasteiger partial charge in [-0.3, -0.25) is 0 Å². The molecule has 1 nitrogen and oxygen atoms in total. The zero-order chi connectivity index (χ0) is 21.1. The van der Waals surface area contributed by atoms with Crippen molar-refractivity contribution in [1.29, 1.82) is 0 Å². The van der Waals surface area contributed by atoms with E-state index < -0.39 is 6.37 Å². The van der Waals surface area contributed by atoms with Gasteiger partial charge in [0.15, 0.2) is 6.20 Å². The molecular weight excluding hydrogens is 314 g/mol. The van der Waals surface area contributed by atoms with E-state index in [0.717, 1.165) is 11.3 Å². The largest absolute Gasteiger partial charge is 0.212 e. The second-order valence-corrected chi connectivity index (χ2v) is 9.69. The minimum Gasteiger partial charge on any atom is -0.201 e. The van der Waals surface area contributed by atoms with Crippen molar-refractivity contribution in [3.8, 4) is 11.3 Å². The van der Waals surface area contributed by atoms with E-state index in [1.165, 1.54) is 35.1 Å². The first-order valence-corrected chi connectivity index (χ1v) is 9.93. The summed E-state index contributed by atoms with van der Waals surface area (Å²) in [6.07, 6.45) is 3.06. The summed E-state index contributed by atoms with van der Waals surface area (Å²) in [6.45, 7) is 15.5. The van der Waals surface area contributed by atoms with E-state index in [2.05, 4.69) is 57.4 Å². The van der Waals surface area contributed by atoms with Crippen LogP contribution in [0.3, 0.4) is 0 Å². The van der Waals surface area contributed by atoms with Crippen molar-refractivity contribution in [2.45, 2.75) is 78.5 Å². The van der Waals surface area contributed by atoms with Gasteiger partial charge in [-0.25, -0.2) is 4.57 Å². The van der Waals surface area contributed by atoms with Crippen LogP contribution in [0.2, 0.25) is 0 Å². The molecule has 1 aliphatic rings. The van der Waals surface area contributed by atoms with Crippen molar-refractivity contribution in [3.05, 3.63) is 52.7 Å². The van der Waals surface area contributed by atoms with Gasteiger partial charge in [0.2, 0.25) is 5.69 Å². The number of fused-ring (bicyclic) bond motifs is 1. The van der Waals surface area contributed by atoms with Gasteiger partial charge in [-0.05, 0) is 71.7 Å². The first-order valence-electron chi connectivity index (χ1n) is 10.9. The third-order valence-electron chi connectivity index (χ3n) is 6.06. The lowest BCUT2D eigenvalue weighted by Gasteiger charge is -2.42. The molecule has 1 heteroatoms. The predicted molar refractivity (Wildman–Crippen MR) is 112 cm³/mol. The van der Waals surface area contributed by atoms with E-state index in [-0.39, 0.29) is 16.7 Å². The molecule has 3 rings (SSSR count). The van der Waals surface area contributed by atoms with Gasteiger partial charge >= 0.3 is 0 Å². The molecule has 0 fully saturated rings. The fourth-order valence-corrected chi connectivity index (χ4v) is 4.30. The summed E-state index contributed by atoms with van der Waals surface area (Å²) in [7, 11) is 2.03. The molecule has 0 spiro atoms. The number of rotatable bonds is 3. The summed E-state index contributed by atoms with van der Waals surface area (Å²) in [5.74, 6) is -0.0631. The molecule has 0 saturated carbocycles. The molecule has 0 radical (unpaired) electrons. The first-order chi connectivity index (χ1) is 12.8. The number of hydrogen-bond donors (Lipinski definition) is 0. The third-order valence-corrected chi connectivity index (χ3v) is 6.06. The SMILES string of the molecule is [2H]C([2H])(c1ccc(-c2cc3c(cc2C)C(C)(C)CCC3(C)C)[n+](C)c1)C(C)C. The highest BCUT2D eigenvalue weighted by atomic mass is 14.9. The van der Waals surface area contributed by atoms with Gasteiger partial charge in [-0.2, -0.15) is 0 Å². The van der Waals surface area contributed by atoms with Gasteiger partial charge in [0.1, 0.15) is 7.05 Å². The quantitative estimate of drug-likeness (QED) is 0.593. The number of pyridine rings is 1. The second-order valence-electron chi connectivity index (χ2n) is 9.69. The number of nitrogens with zero attached hydrogens (tertiary/aromatic N) is 1. The van der Waals surface area contributed by atoms with Crippen LogP contribution in [0.4, 0.5) is 0 Å². The van der Waals surface area contributed by atoms with Crippen LogP contribution >= 0.6 is 0 Å². The fraction of sp³-hybridized carbons (Fsp3) is 0.560. The van der Waals surface area contributed by atoms with Crippen LogP contribution in [0.1, 0.15) is 79.4 Å². The summed E-state index contributed by atoms with van der Waals surface area (Å²) in [4.78, 5) is 0. The normalized spacial score (nSPS) is 19.7. The van der Waals surface area contributed by atoms with Crippen LogP contribution in [-0.4, -0.2) is 0 Å². The van der Waals surface area contributed by atoms with Crippen molar-refractivity contribution in [1.82, 2.24) is 0 Å². The van der Waals surface area contributed by atoms with E-state index in [9.17, 15) is 0 Å². The minimum atomic E-state index is -1.33. The maximum absolute atomic E-state index is 8.41. The number of aromatic nitrogens is 1. The van der Waals surface area contributed by atoms with Gasteiger partial charge in [0.25, 0.3) is 0 Å². The van der Waals surface area contributed by atoms with Crippen molar-refractivity contribution in [2.75, 3.05) is 0 Å². The van der Waals surface area contributed by atoms with E-state index in [1.807, 2.05) is 33.2 Å². The highest BCUT2D eigenvalue weighted by molar-refractivity contribution is 5.65. The Morgan fingerprint density at radius 3 is 2.15 bits per heavy atom. The van der Waals surface area contributed by atoms with Gasteiger partial charge < -0.3 is 0 Å². The van der Waals surface area contributed by atoms with Crippen molar-refractivity contribution in [3.63, 3.8) is 0 Å². The minimum absolute atomic E-state index is 0.0631. The third kappa shape index (κ3) is 3.46. The smallest absolute Gasteiger partial charge is 0.201 e. The van der Waals surface area contributed by atoms with Crippen molar-refractivity contribution in [2.24, 2.45) is 13.0 Å². The summed E-state index contributed by atoms with van der Waals surface area (Å²) < 4.78 is 18.9. The van der Waals surface area contributed by atoms with Crippen LogP contribution in [-0.2, 0) is 24.3 Å². The van der Waals surface area contributed by atoms with E-state index >= 15 is 0 Å². The van der Waals surface area contributed by atoms with Gasteiger partial charge in [0, 0.05) is 19.9 Å². The lowest BCUT2D eigenvalue weighted by Crippen LogP contribution is -2.35. The highest BCUT2D eigenvalue weighted by Crippen LogP contribution is 2.47. The van der Waals surface area contributed by atoms with Gasteiger partial charge in [-0.15, -0.1) is 0 Å². The Labute approximate surface area is 163 Å². The highest BCUT2D eigenvalue weighted by Gasteiger charge is 2.37. The summed E-state index contributed by atoms with van der Waals surface area (Å²) in [6, 6.07) is 8.85. The zero-order valence-corrected chi connectivity index (χ0v) is 17.8. The van der Waals surface area contributed by atoms with Crippen LogP contribution in [0.5, 0.6) is 0 Å². The Kier molecular flexibility index (Phi) is 4.14. The summed E-state index contributed by atoms with van der Waals surface area (Å²) in [5.41, 5.74) is 7.78. The molecule has 0 atom stereocenters. The molecule has 0 aliphatic heterocycles. The monoisotopic (exact) mass is 352 g/mol. The fourth-order valence-electron chi connectivity index (χ4n) is 4.30. The molecule has 1 aliphatic carbocycles. The summed E-state index contributed by atoms with van der Waals surface area (Å²) >= 11 is 0. The molecular formula is C25H36N+. The lowest BCUT2D eigenvalue weighted by atomic mass is 9.62. The maximum atomic E-state index is 8.41. The Hall–Kier alpha value is -1.63. The topological polar surface area (TPSA) is 3.88 Å². The Morgan fingerprint density at radius 1 is 1.04 bits per heavy atom. The molecule has 0 saturated heterocycles. The molecule has 0 N–H and O–H groups in total. The molecule has 0 amide bonds. The maximum Gasteiger partial charge on any atom is 0.212 e. The molecule has 1 aromatic carbocycles. The molecule has 140 valence electrons. The van der Waals surface area contributed by atoms with Crippen LogP contribution < -0.4 is 4.57 Å². The average molecular weight is 353 g/mol. The molecule has 1 aromatic heterocycles. The van der Waals surface area contributed by atoms with Crippen LogP contribution in [0, 0.1) is 12.8 Å². The van der Waals surface area contributed by atoms with Crippen molar-refractivity contribution >= 4 is 0 Å². The Balaban J connectivity index is 2.16.